The fraction of sp³-hybridized carbons (Fsp3) is 0. The van der Waals surface area contributed by atoms with Crippen molar-refractivity contribution < 1.29 is 9.90 Å². The maximum absolute atomic E-state index is 10.5. The molecule has 64 valence electrons. The molecular formula is C7H9NO2P2. The van der Waals surface area contributed by atoms with E-state index >= 15 is 0 Å². The van der Waals surface area contributed by atoms with E-state index in [1.54, 1.807) is 28.7 Å². The van der Waals surface area contributed by atoms with Crippen molar-refractivity contribution in [1.82, 2.24) is 0 Å². The third-order valence-corrected chi connectivity index (χ3v) is 2.01. The minimum atomic E-state index is -0.902. The number of hydrogen-bond acceptors (Lipinski definition) is 2. The number of carboxylic acid groups (broad SMARTS) is 1. The van der Waals surface area contributed by atoms with Gasteiger partial charge in [0, 0.05) is 5.69 Å². The number of rotatable bonds is 2. The zero-order valence-electron chi connectivity index (χ0n) is 6.27. The highest BCUT2D eigenvalue weighted by Crippen LogP contribution is 2.22. The van der Waals surface area contributed by atoms with Crippen LogP contribution in [0.5, 0.6) is 0 Å². The third-order valence-electron chi connectivity index (χ3n) is 1.41. The van der Waals surface area contributed by atoms with Crippen LogP contribution in [0.3, 0.4) is 0 Å². The minimum absolute atomic E-state index is 0.301. The first-order valence-electron chi connectivity index (χ1n) is 3.24. The molecule has 0 saturated heterocycles. The molecule has 0 amide bonds. The first-order chi connectivity index (χ1) is 5.61. The maximum Gasteiger partial charge on any atom is 0.335 e. The Bertz CT molecular complexity index is 284. The van der Waals surface area contributed by atoms with E-state index in [9.17, 15) is 4.79 Å². The van der Waals surface area contributed by atoms with Gasteiger partial charge in [-0.05, 0) is 43.0 Å². The molecular weight excluding hydrogens is 192 g/mol. The standard InChI is InChI=1S/C7H9NO2P2/c9-7(10)5-1-3-6(4-2-5)8(11)12/h1-4H,11-12H2,(H,9,10). The Morgan fingerprint density at radius 2 is 1.75 bits per heavy atom. The molecule has 5 heteroatoms. The summed E-state index contributed by atoms with van der Waals surface area (Å²) >= 11 is 0. The molecule has 0 radical (unpaired) electrons. The average Bonchev–Trinajstić information content (AvgIpc) is 2.04. The smallest absolute Gasteiger partial charge is 0.335 e. The topological polar surface area (TPSA) is 40.5 Å². The summed E-state index contributed by atoms with van der Waals surface area (Å²) in [5.41, 5.74) is 1.23. The molecule has 0 aromatic heterocycles. The molecule has 12 heavy (non-hydrogen) atoms. The van der Waals surface area contributed by atoms with Crippen molar-refractivity contribution in [3.8, 4) is 0 Å². The van der Waals surface area contributed by atoms with Crippen molar-refractivity contribution in [2.75, 3.05) is 4.44 Å². The Morgan fingerprint density at radius 3 is 2.08 bits per heavy atom. The molecule has 1 aromatic rings. The molecule has 0 aliphatic rings. The van der Waals surface area contributed by atoms with Crippen LogP contribution in [0, 0.1) is 0 Å². The third kappa shape index (κ3) is 2.17. The Labute approximate surface area is 75.3 Å². The van der Waals surface area contributed by atoms with Gasteiger partial charge in [0.15, 0.2) is 0 Å². The van der Waals surface area contributed by atoms with Gasteiger partial charge in [0.25, 0.3) is 0 Å². The van der Waals surface area contributed by atoms with Crippen molar-refractivity contribution in [3.05, 3.63) is 29.8 Å². The number of aromatic carboxylic acids is 1. The first-order valence-corrected chi connectivity index (χ1v) is 4.27. The second-order valence-electron chi connectivity index (χ2n) is 2.26. The lowest BCUT2D eigenvalue weighted by Crippen LogP contribution is -1.96. The Kier molecular flexibility index (Phi) is 3.02. The van der Waals surface area contributed by atoms with Crippen LogP contribution in [-0.4, -0.2) is 11.1 Å². The number of carboxylic acids is 1. The Hall–Kier alpha value is -0.650. The molecule has 1 rings (SSSR count). The molecule has 0 saturated carbocycles. The summed E-state index contributed by atoms with van der Waals surface area (Å²) in [6.45, 7) is 0. The molecule has 1 N–H and O–H groups in total. The quantitative estimate of drug-likeness (QED) is 0.741. The van der Waals surface area contributed by atoms with Gasteiger partial charge in [-0.25, -0.2) is 4.79 Å². The van der Waals surface area contributed by atoms with Crippen molar-refractivity contribution in [1.29, 1.82) is 0 Å². The number of benzene rings is 1. The second-order valence-corrected chi connectivity index (χ2v) is 3.97. The number of hydrogen-bond donors (Lipinski definition) is 1. The van der Waals surface area contributed by atoms with Crippen molar-refractivity contribution in [2.24, 2.45) is 0 Å². The average molecular weight is 201 g/mol. The molecule has 0 heterocycles. The van der Waals surface area contributed by atoms with Gasteiger partial charge in [-0.15, -0.1) is 0 Å². The lowest BCUT2D eigenvalue weighted by atomic mass is 10.2. The fourth-order valence-corrected chi connectivity index (χ4v) is 1.12. The van der Waals surface area contributed by atoms with Gasteiger partial charge in [-0.3, -0.25) is 0 Å². The summed E-state index contributed by atoms with van der Waals surface area (Å²) in [5, 5.41) is 8.59. The van der Waals surface area contributed by atoms with Crippen LogP contribution in [0.15, 0.2) is 24.3 Å². The van der Waals surface area contributed by atoms with E-state index in [4.69, 9.17) is 5.11 Å². The van der Waals surface area contributed by atoms with E-state index in [0.29, 0.717) is 5.56 Å². The normalized spacial score (nSPS) is 9.50. The van der Waals surface area contributed by atoms with E-state index in [1.165, 1.54) is 0 Å². The van der Waals surface area contributed by atoms with Gasteiger partial charge in [-0.2, -0.15) is 0 Å². The van der Waals surface area contributed by atoms with Crippen LogP contribution in [0.2, 0.25) is 0 Å². The molecule has 1 aromatic carbocycles. The minimum Gasteiger partial charge on any atom is -0.478 e. The molecule has 2 atom stereocenters. The highest BCUT2D eigenvalue weighted by molar-refractivity contribution is 7.39. The molecule has 0 fully saturated rings. The second kappa shape index (κ2) is 3.84. The summed E-state index contributed by atoms with van der Waals surface area (Å²) in [6.07, 6.45) is 0. The summed E-state index contributed by atoms with van der Waals surface area (Å²) in [5.74, 6) is -0.902. The summed E-state index contributed by atoms with van der Waals surface area (Å²) in [7, 11) is 4.92. The van der Waals surface area contributed by atoms with Crippen molar-refractivity contribution in [3.63, 3.8) is 0 Å². The van der Waals surface area contributed by atoms with Gasteiger partial charge in [0.05, 0.1) is 5.56 Å². The molecule has 0 spiro atoms. The van der Waals surface area contributed by atoms with Crippen LogP contribution in [-0.2, 0) is 0 Å². The van der Waals surface area contributed by atoms with E-state index in [1.807, 2.05) is 0 Å². The van der Waals surface area contributed by atoms with Gasteiger partial charge in [-0.1, -0.05) is 0 Å². The van der Waals surface area contributed by atoms with Crippen molar-refractivity contribution >= 4 is 30.4 Å². The lowest BCUT2D eigenvalue weighted by Gasteiger charge is -2.10. The van der Waals surface area contributed by atoms with E-state index in [2.05, 4.69) is 18.8 Å². The van der Waals surface area contributed by atoms with Crippen LogP contribution in [0.25, 0.3) is 0 Å². The van der Waals surface area contributed by atoms with Gasteiger partial charge in [0.1, 0.15) is 0 Å². The van der Waals surface area contributed by atoms with Crippen LogP contribution < -0.4 is 4.44 Å². The largest absolute Gasteiger partial charge is 0.478 e. The fourth-order valence-electron chi connectivity index (χ4n) is 0.776. The SMILES string of the molecule is O=C(O)c1ccc(N(P)P)cc1. The molecule has 0 aliphatic heterocycles. The summed E-state index contributed by atoms with van der Waals surface area (Å²) in [6, 6.07) is 6.62. The highest BCUT2D eigenvalue weighted by atomic mass is 31.1. The monoisotopic (exact) mass is 201 g/mol. The number of anilines is 1. The maximum atomic E-state index is 10.5. The van der Waals surface area contributed by atoms with Crippen LogP contribution >= 0.6 is 18.8 Å². The van der Waals surface area contributed by atoms with E-state index < -0.39 is 5.97 Å². The highest BCUT2D eigenvalue weighted by Gasteiger charge is 2.01. The Morgan fingerprint density at radius 1 is 1.25 bits per heavy atom. The van der Waals surface area contributed by atoms with E-state index in [0.717, 1.165) is 5.69 Å². The molecule has 2 unspecified atom stereocenters. The zero-order valence-corrected chi connectivity index (χ0v) is 8.58. The lowest BCUT2D eigenvalue weighted by molar-refractivity contribution is 0.0697. The van der Waals surface area contributed by atoms with Gasteiger partial charge >= 0.3 is 5.97 Å². The van der Waals surface area contributed by atoms with Crippen LogP contribution in [0.4, 0.5) is 5.69 Å². The molecule has 0 aliphatic carbocycles. The zero-order chi connectivity index (χ0) is 9.14. The number of nitrogens with zero attached hydrogens (tertiary/aromatic N) is 1. The predicted molar refractivity (Wildman–Crippen MR) is 55.3 cm³/mol. The predicted octanol–water partition coefficient (Wildman–Crippen LogP) is 1.77. The number of carbonyl (C=O) groups is 1. The summed E-state index contributed by atoms with van der Waals surface area (Å²) in [4.78, 5) is 10.5. The van der Waals surface area contributed by atoms with Crippen LogP contribution in [0.1, 0.15) is 10.4 Å². The van der Waals surface area contributed by atoms with Gasteiger partial charge in [0.2, 0.25) is 0 Å². The molecule has 3 nitrogen and oxygen atoms in total. The van der Waals surface area contributed by atoms with Gasteiger partial charge < -0.3 is 9.55 Å². The Balaban J connectivity index is 2.93. The first kappa shape index (κ1) is 9.44. The molecule has 0 bridgehead atoms. The van der Waals surface area contributed by atoms with Crippen molar-refractivity contribution in [2.45, 2.75) is 0 Å². The summed E-state index contributed by atoms with van der Waals surface area (Å²) < 4.78 is 1.76. The van der Waals surface area contributed by atoms with E-state index in [-0.39, 0.29) is 0 Å².